The van der Waals surface area contributed by atoms with E-state index >= 15 is 0 Å². The number of hydrogen-bond donors (Lipinski definition) is 2. The summed E-state index contributed by atoms with van der Waals surface area (Å²) in [5.74, 6) is 0.359. The molecule has 4 heteroatoms. The SMILES string of the molecule is CC(C)c1ccccc1NC(=O)NC1(c2ccc(Cl)cc2)CC1. The van der Waals surface area contributed by atoms with Gasteiger partial charge in [-0.05, 0) is 48.1 Å². The van der Waals surface area contributed by atoms with E-state index in [0.29, 0.717) is 10.9 Å². The summed E-state index contributed by atoms with van der Waals surface area (Å²) in [4.78, 5) is 12.4. The first-order valence-electron chi connectivity index (χ1n) is 7.94. The highest BCUT2D eigenvalue weighted by Crippen LogP contribution is 2.45. The van der Waals surface area contributed by atoms with Gasteiger partial charge in [0.2, 0.25) is 0 Å². The second kappa shape index (κ2) is 6.25. The maximum atomic E-state index is 12.4. The molecule has 0 spiro atoms. The van der Waals surface area contributed by atoms with Gasteiger partial charge in [-0.15, -0.1) is 0 Å². The number of para-hydroxylation sites is 1. The maximum absolute atomic E-state index is 12.4. The molecule has 0 aliphatic heterocycles. The largest absolute Gasteiger partial charge is 0.328 e. The van der Waals surface area contributed by atoms with Crippen molar-refractivity contribution < 1.29 is 4.79 Å². The average molecular weight is 329 g/mol. The van der Waals surface area contributed by atoms with Crippen molar-refractivity contribution >= 4 is 23.3 Å². The number of halogens is 1. The van der Waals surface area contributed by atoms with Crippen LogP contribution in [0.1, 0.15) is 43.7 Å². The summed E-state index contributed by atoms with van der Waals surface area (Å²) >= 11 is 5.94. The summed E-state index contributed by atoms with van der Waals surface area (Å²) in [6.45, 7) is 4.24. The highest BCUT2D eigenvalue weighted by atomic mass is 35.5. The van der Waals surface area contributed by atoms with Gasteiger partial charge in [0.1, 0.15) is 0 Å². The predicted octanol–water partition coefficient (Wildman–Crippen LogP) is 5.27. The molecule has 1 aliphatic carbocycles. The van der Waals surface area contributed by atoms with Crippen molar-refractivity contribution in [2.45, 2.75) is 38.1 Å². The molecule has 0 radical (unpaired) electrons. The Kier molecular flexibility index (Phi) is 4.31. The quantitative estimate of drug-likeness (QED) is 0.788. The molecule has 3 rings (SSSR count). The van der Waals surface area contributed by atoms with Crippen LogP contribution in [0.4, 0.5) is 10.5 Å². The smallest absolute Gasteiger partial charge is 0.319 e. The van der Waals surface area contributed by atoms with E-state index in [9.17, 15) is 4.79 Å². The number of urea groups is 1. The Morgan fingerprint density at radius 1 is 1.09 bits per heavy atom. The van der Waals surface area contributed by atoms with Crippen molar-refractivity contribution in [2.24, 2.45) is 0 Å². The van der Waals surface area contributed by atoms with Gasteiger partial charge in [-0.2, -0.15) is 0 Å². The van der Waals surface area contributed by atoms with Gasteiger partial charge in [0, 0.05) is 10.7 Å². The molecule has 0 bridgehead atoms. The lowest BCUT2D eigenvalue weighted by atomic mass is 10.0. The summed E-state index contributed by atoms with van der Waals surface area (Å²) < 4.78 is 0. The van der Waals surface area contributed by atoms with Crippen LogP contribution in [0.5, 0.6) is 0 Å². The third-order valence-corrected chi connectivity index (χ3v) is 4.58. The Morgan fingerprint density at radius 2 is 1.74 bits per heavy atom. The zero-order valence-corrected chi connectivity index (χ0v) is 14.2. The minimum absolute atomic E-state index is 0.162. The summed E-state index contributed by atoms with van der Waals surface area (Å²) in [6.07, 6.45) is 1.90. The molecule has 1 aliphatic rings. The number of carbonyl (C=O) groups is 1. The van der Waals surface area contributed by atoms with Gasteiger partial charge in [0.25, 0.3) is 0 Å². The van der Waals surface area contributed by atoms with Gasteiger partial charge in [0.05, 0.1) is 5.54 Å². The Morgan fingerprint density at radius 3 is 2.35 bits per heavy atom. The Labute approximate surface area is 142 Å². The average Bonchev–Trinajstić information content (AvgIpc) is 3.28. The van der Waals surface area contributed by atoms with Gasteiger partial charge in [-0.25, -0.2) is 4.79 Å². The molecule has 120 valence electrons. The van der Waals surface area contributed by atoms with E-state index in [2.05, 4.69) is 24.5 Å². The number of amides is 2. The standard InChI is InChI=1S/C19H21ClN2O/c1-13(2)16-5-3-4-6-17(16)21-18(23)22-19(11-12-19)14-7-9-15(20)10-8-14/h3-10,13H,11-12H2,1-2H3,(H2,21,22,23). The number of rotatable bonds is 4. The fourth-order valence-electron chi connectivity index (χ4n) is 2.86. The van der Waals surface area contributed by atoms with Crippen LogP contribution >= 0.6 is 11.6 Å². The summed E-state index contributed by atoms with van der Waals surface area (Å²) in [5, 5.41) is 6.83. The van der Waals surface area contributed by atoms with E-state index in [1.165, 1.54) is 0 Å². The van der Waals surface area contributed by atoms with Crippen molar-refractivity contribution in [1.82, 2.24) is 5.32 Å². The van der Waals surface area contributed by atoms with Crippen LogP contribution in [-0.2, 0) is 5.54 Å². The van der Waals surface area contributed by atoms with Crippen LogP contribution in [0.2, 0.25) is 5.02 Å². The fourth-order valence-corrected chi connectivity index (χ4v) is 2.99. The van der Waals surface area contributed by atoms with E-state index in [1.54, 1.807) is 0 Å². The van der Waals surface area contributed by atoms with Gasteiger partial charge >= 0.3 is 6.03 Å². The second-order valence-corrected chi connectivity index (χ2v) is 6.85. The Hall–Kier alpha value is -2.00. The van der Waals surface area contributed by atoms with E-state index in [4.69, 9.17) is 11.6 Å². The lowest BCUT2D eigenvalue weighted by Gasteiger charge is -2.20. The van der Waals surface area contributed by atoms with Crippen LogP contribution in [0.15, 0.2) is 48.5 Å². The monoisotopic (exact) mass is 328 g/mol. The minimum atomic E-state index is -0.249. The maximum Gasteiger partial charge on any atom is 0.319 e. The molecule has 0 atom stereocenters. The highest BCUT2D eigenvalue weighted by molar-refractivity contribution is 6.30. The van der Waals surface area contributed by atoms with Crippen molar-refractivity contribution in [1.29, 1.82) is 0 Å². The molecule has 1 saturated carbocycles. The van der Waals surface area contributed by atoms with Gasteiger partial charge < -0.3 is 10.6 Å². The number of benzene rings is 2. The molecule has 2 aromatic rings. The normalized spacial score (nSPS) is 15.3. The third kappa shape index (κ3) is 3.50. The first-order valence-corrected chi connectivity index (χ1v) is 8.32. The first kappa shape index (κ1) is 15.9. The van der Waals surface area contributed by atoms with Gasteiger partial charge in [0.15, 0.2) is 0 Å². The van der Waals surface area contributed by atoms with Crippen molar-refractivity contribution in [3.05, 3.63) is 64.7 Å². The van der Waals surface area contributed by atoms with E-state index in [0.717, 1.165) is 29.7 Å². The summed E-state index contributed by atoms with van der Waals surface area (Å²) in [5.41, 5.74) is 2.86. The van der Waals surface area contributed by atoms with E-state index < -0.39 is 0 Å². The molecule has 2 amide bonds. The zero-order chi connectivity index (χ0) is 16.4. The molecule has 3 nitrogen and oxygen atoms in total. The second-order valence-electron chi connectivity index (χ2n) is 6.41. The number of nitrogens with one attached hydrogen (secondary N) is 2. The summed E-state index contributed by atoms with van der Waals surface area (Å²) in [7, 11) is 0. The van der Waals surface area contributed by atoms with Crippen LogP contribution in [0, 0.1) is 0 Å². The molecule has 2 N–H and O–H groups in total. The fraction of sp³-hybridized carbons (Fsp3) is 0.316. The van der Waals surface area contributed by atoms with Crippen LogP contribution in [-0.4, -0.2) is 6.03 Å². The van der Waals surface area contributed by atoms with Gasteiger partial charge in [-0.1, -0.05) is 55.8 Å². The highest BCUT2D eigenvalue weighted by Gasteiger charge is 2.45. The van der Waals surface area contributed by atoms with Crippen molar-refractivity contribution in [3.63, 3.8) is 0 Å². The lowest BCUT2D eigenvalue weighted by Crippen LogP contribution is -2.38. The number of hydrogen-bond acceptors (Lipinski definition) is 1. The van der Waals surface area contributed by atoms with Crippen LogP contribution in [0.3, 0.4) is 0 Å². The molecule has 1 fully saturated rings. The third-order valence-electron chi connectivity index (χ3n) is 4.33. The van der Waals surface area contributed by atoms with Gasteiger partial charge in [-0.3, -0.25) is 0 Å². The topological polar surface area (TPSA) is 41.1 Å². The van der Waals surface area contributed by atoms with Crippen LogP contribution < -0.4 is 10.6 Å². The zero-order valence-electron chi connectivity index (χ0n) is 13.4. The number of anilines is 1. The molecular formula is C19H21ClN2O. The van der Waals surface area contributed by atoms with E-state index in [-0.39, 0.29) is 11.6 Å². The molecule has 0 heterocycles. The molecular weight excluding hydrogens is 308 g/mol. The molecule has 0 saturated heterocycles. The minimum Gasteiger partial charge on any atom is -0.328 e. The molecule has 0 unspecified atom stereocenters. The predicted molar refractivity (Wildman–Crippen MR) is 95.0 cm³/mol. The lowest BCUT2D eigenvalue weighted by molar-refractivity contribution is 0.247. The Bertz CT molecular complexity index is 706. The Balaban J connectivity index is 1.72. The van der Waals surface area contributed by atoms with Crippen LogP contribution in [0.25, 0.3) is 0 Å². The number of carbonyl (C=O) groups excluding carboxylic acids is 1. The van der Waals surface area contributed by atoms with Crippen molar-refractivity contribution in [3.8, 4) is 0 Å². The summed E-state index contributed by atoms with van der Waals surface area (Å²) in [6, 6.07) is 15.5. The first-order chi connectivity index (χ1) is 11.0. The molecule has 2 aromatic carbocycles. The molecule has 0 aromatic heterocycles. The van der Waals surface area contributed by atoms with E-state index in [1.807, 2.05) is 48.5 Å². The van der Waals surface area contributed by atoms with Crippen molar-refractivity contribution in [2.75, 3.05) is 5.32 Å². The molecule has 23 heavy (non-hydrogen) atoms.